The number of halogens is 1. The van der Waals surface area contributed by atoms with Crippen LogP contribution in [-0.4, -0.2) is 42.5 Å². The molecule has 26 heavy (non-hydrogen) atoms. The van der Waals surface area contributed by atoms with E-state index in [9.17, 15) is 9.59 Å². The molecular formula is C20H21ClN2O3. The molecule has 0 bridgehead atoms. The van der Waals surface area contributed by atoms with Crippen LogP contribution in [0.5, 0.6) is 0 Å². The van der Waals surface area contributed by atoms with Crippen LogP contribution < -0.4 is 5.32 Å². The summed E-state index contributed by atoms with van der Waals surface area (Å²) in [7, 11) is 0. The van der Waals surface area contributed by atoms with Gasteiger partial charge in [-0.05, 0) is 36.8 Å². The SMILES string of the molecule is C[C@@H](NC(=O)c1ccc(Cl)cc1)C(=O)N1CCOC(c2ccccc2)C1. The summed E-state index contributed by atoms with van der Waals surface area (Å²) in [5.41, 5.74) is 1.51. The second-order valence-electron chi connectivity index (χ2n) is 6.26. The van der Waals surface area contributed by atoms with E-state index in [1.54, 1.807) is 36.1 Å². The minimum Gasteiger partial charge on any atom is -0.370 e. The van der Waals surface area contributed by atoms with E-state index >= 15 is 0 Å². The van der Waals surface area contributed by atoms with Gasteiger partial charge in [-0.2, -0.15) is 0 Å². The van der Waals surface area contributed by atoms with E-state index in [4.69, 9.17) is 16.3 Å². The molecule has 0 aliphatic carbocycles. The molecule has 5 nitrogen and oxygen atoms in total. The lowest BCUT2D eigenvalue weighted by atomic mass is 10.1. The van der Waals surface area contributed by atoms with E-state index in [2.05, 4.69) is 5.32 Å². The zero-order valence-corrected chi connectivity index (χ0v) is 15.3. The Bertz CT molecular complexity index is 764. The smallest absolute Gasteiger partial charge is 0.251 e. The van der Waals surface area contributed by atoms with Gasteiger partial charge in [0.15, 0.2) is 0 Å². The molecule has 1 fully saturated rings. The molecule has 1 aliphatic rings. The third kappa shape index (κ3) is 4.42. The maximum absolute atomic E-state index is 12.7. The molecule has 1 aliphatic heterocycles. The monoisotopic (exact) mass is 372 g/mol. The fourth-order valence-electron chi connectivity index (χ4n) is 2.94. The molecule has 2 aromatic rings. The molecule has 1 N–H and O–H groups in total. The van der Waals surface area contributed by atoms with Crippen molar-refractivity contribution in [3.8, 4) is 0 Å². The van der Waals surface area contributed by atoms with Crippen LogP contribution in [0.25, 0.3) is 0 Å². The lowest BCUT2D eigenvalue weighted by Crippen LogP contribution is -2.51. The summed E-state index contributed by atoms with van der Waals surface area (Å²) >= 11 is 5.83. The molecule has 6 heteroatoms. The van der Waals surface area contributed by atoms with E-state index in [1.165, 1.54) is 0 Å². The van der Waals surface area contributed by atoms with E-state index in [0.29, 0.717) is 30.3 Å². The number of benzene rings is 2. The summed E-state index contributed by atoms with van der Waals surface area (Å²) in [5.74, 6) is -0.410. The highest BCUT2D eigenvalue weighted by molar-refractivity contribution is 6.30. The highest BCUT2D eigenvalue weighted by Gasteiger charge is 2.28. The summed E-state index contributed by atoms with van der Waals surface area (Å²) in [6.45, 7) is 3.17. The maximum atomic E-state index is 12.7. The normalized spacial score (nSPS) is 18.2. The van der Waals surface area contributed by atoms with Gasteiger partial charge in [-0.15, -0.1) is 0 Å². The Morgan fingerprint density at radius 3 is 2.54 bits per heavy atom. The van der Waals surface area contributed by atoms with Gasteiger partial charge >= 0.3 is 0 Å². The van der Waals surface area contributed by atoms with Crippen molar-refractivity contribution in [1.29, 1.82) is 0 Å². The number of hydrogen-bond acceptors (Lipinski definition) is 3. The number of nitrogens with zero attached hydrogens (tertiary/aromatic N) is 1. The van der Waals surface area contributed by atoms with Gasteiger partial charge in [-0.25, -0.2) is 0 Å². The van der Waals surface area contributed by atoms with Crippen molar-refractivity contribution in [2.24, 2.45) is 0 Å². The quantitative estimate of drug-likeness (QED) is 0.897. The van der Waals surface area contributed by atoms with E-state index in [1.807, 2.05) is 30.3 Å². The zero-order valence-electron chi connectivity index (χ0n) is 14.5. The standard InChI is InChI=1S/C20H21ClN2O3/c1-14(22-19(24)16-7-9-17(21)10-8-16)20(25)23-11-12-26-18(13-23)15-5-3-2-4-6-15/h2-10,14,18H,11-13H2,1H3,(H,22,24)/t14-,18?/m1/s1. The zero-order chi connectivity index (χ0) is 18.5. The second kappa shape index (κ2) is 8.34. The number of ether oxygens (including phenoxy) is 1. The van der Waals surface area contributed by atoms with Crippen molar-refractivity contribution in [1.82, 2.24) is 10.2 Å². The van der Waals surface area contributed by atoms with Crippen LogP contribution >= 0.6 is 11.6 Å². The first-order valence-corrected chi connectivity index (χ1v) is 8.94. The fraction of sp³-hybridized carbons (Fsp3) is 0.300. The first kappa shape index (κ1) is 18.4. The lowest BCUT2D eigenvalue weighted by Gasteiger charge is -2.34. The van der Waals surface area contributed by atoms with Crippen LogP contribution in [0.3, 0.4) is 0 Å². The van der Waals surface area contributed by atoms with Crippen LogP contribution in [0, 0.1) is 0 Å². The van der Waals surface area contributed by atoms with Crippen molar-refractivity contribution in [3.63, 3.8) is 0 Å². The van der Waals surface area contributed by atoms with Gasteiger partial charge in [-0.3, -0.25) is 9.59 Å². The first-order chi connectivity index (χ1) is 12.5. The number of morpholine rings is 1. The van der Waals surface area contributed by atoms with Crippen molar-refractivity contribution in [2.45, 2.75) is 19.1 Å². The van der Waals surface area contributed by atoms with Crippen molar-refractivity contribution in [2.75, 3.05) is 19.7 Å². The van der Waals surface area contributed by atoms with Crippen molar-refractivity contribution in [3.05, 3.63) is 70.7 Å². The molecule has 1 saturated heterocycles. The van der Waals surface area contributed by atoms with Crippen molar-refractivity contribution >= 4 is 23.4 Å². The van der Waals surface area contributed by atoms with E-state index in [0.717, 1.165) is 5.56 Å². The molecular weight excluding hydrogens is 352 g/mol. The predicted molar refractivity (Wildman–Crippen MR) is 100 cm³/mol. The predicted octanol–water partition coefficient (Wildman–Crippen LogP) is 3.06. The first-order valence-electron chi connectivity index (χ1n) is 8.56. The summed E-state index contributed by atoms with van der Waals surface area (Å²) in [6, 6.07) is 15.8. The molecule has 1 heterocycles. The third-order valence-corrected chi connectivity index (χ3v) is 4.63. The van der Waals surface area contributed by atoms with Crippen LogP contribution in [0.1, 0.15) is 28.9 Å². The lowest BCUT2D eigenvalue weighted by molar-refractivity contribution is -0.140. The molecule has 0 saturated carbocycles. The maximum Gasteiger partial charge on any atom is 0.251 e. The molecule has 2 amide bonds. The van der Waals surface area contributed by atoms with Crippen LogP contribution in [0.4, 0.5) is 0 Å². The Morgan fingerprint density at radius 2 is 1.85 bits per heavy atom. The highest BCUT2D eigenvalue weighted by atomic mass is 35.5. The molecule has 136 valence electrons. The minimum atomic E-state index is -0.618. The van der Waals surface area contributed by atoms with Gasteiger partial charge in [0.05, 0.1) is 13.2 Å². The molecule has 0 aromatic heterocycles. The number of hydrogen-bond donors (Lipinski definition) is 1. The molecule has 2 atom stereocenters. The molecule has 0 radical (unpaired) electrons. The third-order valence-electron chi connectivity index (χ3n) is 4.37. The van der Waals surface area contributed by atoms with Crippen LogP contribution in [-0.2, 0) is 9.53 Å². The number of rotatable bonds is 4. The number of amides is 2. The average molecular weight is 373 g/mol. The number of carbonyl (C=O) groups is 2. The Labute approximate surface area is 157 Å². The summed E-state index contributed by atoms with van der Waals surface area (Å²) in [5, 5.41) is 3.31. The highest BCUT2D eigenvalue weighted by Crippen LogP contribution is 2.22. The molecule has 3 rings (SSSR count). The topological polar surface area (TPSA) is 58.6 Å². The Hall–Kier alpha value is -2.37. The Kier molecular flexibility index (Phi) is 5.91. The molecule has 2 aromatic carbocycles. The van der Waals surface area contributed by atoms with Crippen LogP contribution in [0.15, 0.2) is 54.6 Å². The summed E-state index contributed by atoms with van der Waals surface area (Å²) in [6.07, 6.45) is -0.145. The molecule has 1 unspecified atom stereocenters. The van der Waals surface area contributed by atoms with E-state index in [-0.39, 0.29) is 17.9 Å². The minimum absolute atomic E-state index is 0.114. The number of carbonyl (C=O) groups excluding carboxylic acids is 2. The van der Waals surface area contributed by atoms with Gasteiger partial charge in [0.25, 0.3) is 5.91 Å². The Morgan fingerprint density at radius 1 is 1.15 bits per heavy atom. The van der Waals surface area contributed by atoms with Gasteiger partial charge in [0.2, 0.25) is 5.91 Å². The summed E-state index contributed by atoms with van der Waals surface area (Å²) in [4.78, 5) is 26.8. The van der Waals surface area contributed by atoms with Gasteiger partial charge < -0.3 is 15.0 Å². The van der Waals surface area contributed by atoms with Gasteiger partial charge in [0, 0.05) is 17.1 Å². The van der Waals surface area contributed by atoms with Gasteiger partial charge in [-0.1, -0.05) is 41.9 Å². The number of nitrogens with one attached hydrogen (secondary N) is 1. The van der Waals surface area contributed by atoms with Crippen LogP contribution in [0.2, 0.25) is 5.02 Å². The average Bonchev–Trinajstić information content (AvgIpc) is 2.68. The fourth-order valence-corrected chi connectivity index (χ4v) is 3.06. The van der Waals surface area contributed by atoms with Crippen molar-refractivity contribution < 1.29 is 14.3 Å². The molecule has 0 spiro atoms. The largest absolute Gasteiger partial charge is 0.370 e. The van der Waals surface area contributed by atoms with Gasteiger partial charge in [0.1, 0.15) is 12.1 Å². The van der Waals surface area contributed by atoms with E-state index < -0.39 is 6.04 Å². The summed E-state index contributed by atoms with van der Waals surface area (Å²) < 4.78 is 5.79. The Balaban J connectivity index is 1.60. The second-order valence-corrected chi connectivity index (χ2v) is 6.69.